The maximum atomic E-state index is 15.5. The van der Waals surface area contributed by atoms with E-state index in [1.54, 1.807) is 24.4 Å². The molecular weight excluding hydrogens is 412 g/mol. The molecule has 31 heavy (non-hydrogen) atoms. The largest absolute Gasteiger partial charge is 0.573 e. The summed E-state index contributed by atoms with van der Waals surface area (Å²) in [5, 5.41) is 0. The number of alkyl halides is 3. The number of rotatable bonds is 6. The number of H-pyrrole nitrogens is 1. The number of nitrogen functional groups attached to an aromatic ring is 1. The van der Waals surface area contributed by atoms with Crippen LogP contribution in [0.25, 0.3) is 11.1 Å². The maximum Gasteiger partial charge on any atom is 0.573 e. The minimum Gasteiger partial charge on any atom is -0.486 e. The molecule has 162 valence electrons. The van der Waals surface area contributed by atoms with E-state index in [4.69, 9.17) is 10.5 Å². The highest BCUT2D eigenvalue weighted by molar-refractivity contribution is 5.66. The monoisotopic (exact) mass is 433 g/mol. The Labute approximate surface area is 176 Å². The third-order valence-electron chi connectivity index (χ3n) is 5.36. The van der Waals surface area contributed by atoms with E-state index in [0.29, 0.717) is 22.5 Å². The van der Waals surface area contributed by atoms with Crippen LogP contribution in [0, 0.1) is 5.82 Å². The summed E-state index contributed by atoms with van der Waals surface area (Å²) in [7, 11) is 0. The molecule has 0 spiro atoms. The molecule has 3 aromatic rings. The summed E-state index contributed by atoms with van der Waals surface area (Å²) in [6.45, 7) is 0.0141. The van der Waals surface area contributed by atoms with E-state index in [0.717, 1.165) is 24.8 Å². The molecule has 3 N–H and O–H groups in total. The van der Waals surface area contributed by atoms with Gasteiger partial charge in [0.25, 0.3) is 5.82 Å². The van der Waals surface area contributed by atoms with Gasteiger partial charge >= 0.3 is 6.36 Å². The van der Waals surface area contributed by atoms with Crippen molar-refractivity contribution in [2.24, 2.45) is 0 Å². The standard InChI is InChI=1S/C23H20F4N2O2/c24-21-18(16-6-11-20(28)29-12-16)9-10-19(15-2-1-3-15)22(21)30-13-14-4-7-17(8-5-14)31-23(25,26)27/h4-12,15H,1-3,13H2,(H2,28,29)/p+1. The van der Waals surface area contributed by atoms with E-state index in [1.807, 2.05) is 6.07 Å². The smallest absolute Gasteiger partial charge is 0.486 e. The lowest BCUT2D eigenvalue weighted by Crippen LogP contribution is -2.17. The highest BCUT2D eigenvalue weighted by Gasteiger charge is 2.31. The number of nitrogens with one attached hydrogen (secondary N) is 1. The molecule has 0 bridgehead atoms. The summed E-state index contributed by atoms with van der Waals surface area (Å²) in [5.74, 6) is 0.0807. The number of benzene rings is 2. The first-order chi connectivity index (χ1) is 14.8. The first-order valence-electron chi connectivity index (χ1n) is 9.87. The summed E-state index contributed by atoms with van der Waals surface area (Å²) in [6.07, 6.45) is -0.109. The lowest BCUT2D eigenvalue weighted by molar-refractivity contribution is -0.359. The normalized spacial score (nSPS) is 14.2. The van der Waals surface area contributed by atoms with Crippen molar-refractivity contribution in [3.8, 4) is 22.6 Å². The summed E-state index contributed by atoms with van der Waals surface area (Å²) >= 11 is 0. The Kier molecular flexibility index (Phi) is 5.71. The molecule has 0 amide bonds. The van der Waals surface area contributed by atoms with Crippen molar-refractivity contribution < 1.29 is 32.0 Å². The highest BCUT2D eigenvalue weighted by atomic mass is 19.4. The number of ether oxygens (including phenoxy) is 2. The van der Waals surface area contributed by atoms with Gasteiger partial charge in [-0.05, 0) is 42.5 Å². The van der Waals surface area contributed by atoms with Gasteiger partial charge in [0.1, 0.15) is 12.4 Å². The van der Waals surface area contributed by atoms with E-state index in [-0.39, 0.29) is 24.0 Å². The van der Waals surface area contributed by atoms with E-state index in [1.165, 1.54) is 24.3 Å². The van der Waals surface area contributed by atoms with Crippen molar-refractivity contribution in [2.45, 2.75) is 38.1 Å². The van der Waals surface area contributed by atoms with Gasteiger partial charge in [-0.1, -0.05) is 30.7 Å². The second-order valence-electron chi connectivity index (χ2n) is 7.49. The number of aromatic amines is 1. The predicted molar refractivity (Wildman–Crippen MR) is 107 cm³/mol. The Bertz CT molecular complexity index is 1050. The van der Waals surface area contributed by atoms with Gasteiger partial charge in [-0.2, -0.15) is 0 Å². The molecule has 0 aliphatic heterocycles. The summed E-state index contributed by atoms with van der Waals surface area (Å²) in [6, 6.07) is 12.3. The van der Waals surface area contributed by atoms with Gasteiger partial charge in [0.15, 0.2) is 11.6 Å². The zero-order valence-corrected chi connectivity index (χ0v) is 16.5. The van der Waals surface area contributed by atoms with Crippen LogP contribution in [0.3, 0.4) is 0 Å². The molecular formula is C23H21F4N2O2+. The number of hydrogen-bond donors (Lipinski definition) is 1. The molecule has 1 aliphatic rings. The molecule has 1 aromatic heterocycles. The fourth-order valence-corrected chi connectivity index (χ4v) is 3.53. The first-order valence-corrected chi connectivity index (χ1v) is 9.87. The molecule has 8 heteroatoms. The van der Waals surface area contributed by atoms with Gasteiger partial charge in [-0.15, -0.1) is 13.2 Å². The Morgan fingerprint density at radius 1 is 1.00 bits per heavy atom. The minimum atomic E-state index is -4.75. The number of pyridine rings is 1. The lowest BCUT2D eigenvalue weighted by atomic mass is 9.79. The predicted octanol–water partition coefficient (Wildman–Crippen LogP) is 5.63. The summed E-state index contributed by atoms with van der Waals surface area (Å²) < 4.78 is 62.2. The van der Waals surface area contributed by atoms with E-state index in [2.05, 4.69) is 9.72 Å². The fourth-order valence-electron chi connectivity index (χ4n) is 3.53. The van der Waals surface area contributed by atoms with E-state index >= 15 is 4.39 Å². The van der Waals surface area contributed by atoms with Crippen molar-refractivity contribution in [1.29, 1.82) is 0 Å². The topological polar surface area (TPSA) is 58.6 Å². The van der Waals surface area contributed by atoms with Crippen LogP contribution in [0.1, 0.15) is 36.3 Å². The fraction of sp³-hybridized carbons (Fsp3) is 0.261. The Balaban J connectivity index is 1.58. The molecule has 4 rings (SSSR count). The van der Waals surface area contributed by atoms with Gasteiger partial charge in [-0.3, -0.25) is 5.73 Å². The molecule has 0 radical (unpaired) electrons. The highest BCUT2D eigenvalue weighted by Crippen LogP contribution is 2.44. The quantitative estimate of drug-likeness (QED) is 0.513. The van der Waals surface area contributed by atoms with E-state index < -0.39 is 12.2 Å². The summed E-state index contributed by atoms with van der Waals surface area (Å²) in [4.78, 5) is 2.86. The van der Waals surface area contributed by atoms with Crippen LogP contribution in [0.5, 0.6) is 11.5 Å². The van der Waals surface area contributed by atoms with Crippen LogP contribution in [-0.4, -0.2) is 6.36 Å². The van der Waals surface area contributed by atoms with Crippen LogP contribution >= 0.6 is 0 Å². The molecule has 4 nitrogen and oxygen atoms in total. The minimum absolute atomic E-state index is 0.0141. The average molecular weight is 433 g/mol. The van der Waals surface area contributed by atoms with Crippen molar-refractivity contribution in [2.75, 3.05) is 5.73 Å². The molecule has 0 saturated heterocycles. The Morgan fingerprint density at radius 3 is 2.32 bits per heavy atom. The lowest BCUT2D eigenvalue weighted by Gasteiger charge is -2.28. The van der Waals surface area contributed by atoms with E-state index in [9.17, 15) is 13.2 Å². The van der Waals surface area contributed by atoms with Gasteiger partial charge in [0.05, 0.1) is 6.20 Å². The number of nitrogens with two attached hydrogens (primary N) is 1. The third kappa shape index (κ3) is 4.90. The summed E-state index contributed by atoms with van der Waals surface area (Å²) in [5.41, 5.74) is 8.09. The van der Waals surface area contributed by atoms with Gasteiger partial charge in [0, 0.05) is 22.8 Å². The van der Waals surface area contributed by atoms with Crippen LogP contribution in [0.4, 0.5) is 23.4 Å². The first kappa shape index (κ1) is 21.0. The Hall–Kier alpha value is -3.29. The molecule has 1 saturated carbocycles. The van der Waals surface area contributed by atoms with Gasteiger partial charge < -0.3 is 9.47 Å². The number of aromatic nitrogens is 1. The van der Waals surface area contributed by atoms with Crippen molar-refractivity contribution >= 4 is 5.82 Å². The number of anilines is 1. The number of hydrogen-bond acceptors (Lipinski definition) is 3. The molecule has 1 heterocycles. The third-order valence-corrected chi connectivity index (χ3v) is 5.36. The zero-order valence-electron chi connectivity index (χ0n) is 16.5. The van der Waals surface area contributed by atoms with Crippen LogP contribution in [0.15, 0.2) is 54.7 Å². The maximum absolute atomic E-state index is 15.5. The molecule has 1 aliphatic carbocycles. The zero-order chi connectivity index (χ0) is 22.0. The van der Waals surface area contributed by atoms with Crippen molar-refractivity contribution in [1.82, 2.24) is 0 Å². The average Bonchev–Trinajstić information content (AvgIpc) is 2.67. The molecule has 0 atom stereocenters. The second-order valence-corrected chi connectivity index (χ2v) is 7.49. The van der Waals surface area contributed by atoms with Crippen LogP contribution in [-0.2, 0) is 6.61 Å². The van der Waals surface area contributed by atoms with Crippen molar-refractivity contribution in [3.05, 3.63) is 71.7 Å². The molecule has 1 fully saturated rings. The van der Waals surface area contributed by atoms with Gasteiger partial charge in [0.2, 0.25) is 0 Å². The second kappa shape index (κ2) is 8.45. The van der Waals surface area contributed by atoms with Crippen molar-refractivity contribution in [3.63, 3.8) is 0 Å². The van der Waals surface area contributed by atoms with Gasteiger partial charge in [-0.25, -0.2) is 9.37 Å². The number of halogens is 4. The van der Waals surface area contributed by atoms with Crippen LogP contribution in [0.2, 0.25) is 0 Å². The SMILES string of the molecule is Nc1ccc(-c2ccc(C3CCC3)c(OCc3ccc(OC(F)(F)F)cc3)c2F)c[nH+]1. The van der Waals surface area contributed by atoms with Crippen LogP contribution < -0.4 is 20.2 Å². The molecule has 0 unspecified atom stereocenters. The Morgan fingerprint density at radius 2 is 1.74 bits per heavy atom. The molecule has 2 aromatic carbocycles.